The SMILES string of the molecule is C=CCN(Cc1ccc(C#N)cc1)C(=O)C1CC1c1ccc(Br)cc1. The fraction of sp³-hybridized carbons (Fsp3) is 0.238. The molecule has 3 rings (SSSR count). The molecule has 0 heterocycles. The summed E-state index contributed by atoms with van der Waals surface area (Å²) in [5.41, 5.74) is 2.87. The van der Waals surface area contributed by atoms with Gasteiger partial charge in [-0.05, 0) is 47.7 Å². The number of halogens is 1. The molecule has 1 saturated carbocycles. The Morgan fingerprint density at radius 1 is 1.24 bits per heavy atom. The van der Waals surface area contributed by atoms with Crippen LogP contribution in [0.1, 0.15) is 29.0 Å². The second-order valence-corrected chi connectivity index (χ2v) is 7.23. The van der Waals surface area contributed by atoms with Gasteiger partial charge in [0.05, 0.1) is 11.6 Å². The third-order valence-corrected chi connectivity index (χ3v) is 5.05. The van der Waals surface area contributed by atoms with Crippen LogP contribution in [0.25, 0.3) is 0 Å². The zero-order valence-electron chi connectivity index (χ0n) is 13.9. The highest BCUT2D eigenvalue weighted by atomic mass is 79.9. The van der Waals surface area contributed by atoms with Crippen LogP contribution in [0.4, 0.5) is 0 Å². The number of carbonyl (C=O) groups is 1. The van der Waals surface area contributed by atoms with E-state index in [9.17, 15) is 4.79 Å². The van der Waals surface area contributed by atoms with Gasteiger partial charge in [0.2, 0.25) is 5.91 Å². The van der Waals surface area contributed by atoms with E-state index in [4.69, 9.17) is 5.26 Å². The largest absolute Gasteiger partial charge is 0.334 e. The number of hydrogen-bond acceptors (Lipinski definition) is 2. The van der Waals surface area contributed by atoms with E-state index in [2.05, 4.69) is 40.7 Å². The molecule has 2 atom stereocenters. The van der Waals surface area contributed by atoms with Crippen LogP contribution in [-0.4, -0.2) is 17.4 Å². The van der Waals surface area contributed by atoms with Gasteiger partial charge < -0.3 is 4.90 Å². The molecule has 1 fully saturated rings. The highest BCUT2D eigenvalue weighted by Crippen LogP contribution is 2.48. The smallest absolute Gasteiger partial charge is 0.226 e. The Bertz CT molecular complexity index is 805. The van der Waals surface area contributed by atoms with E-state index in [0.717, 1.165) is 16.5 Å². The topological polar surface area (TPSA) is 44.1 Å². The van der Waals surface area contributed by atoms with E-state index in [0.29, 0.717) is 24.6 Å². The molecular formula is C21H19BrN2O. The molecule has 25 heavy (non-hydrogen) atoms. The Morgan fingerprint density at radius 3 is 2.52 bits per heavy atom. The summed E-state index contributed by atoms with van der Waals surface area (Å²) in [6.07, 6.45) is 2.67. The number of nitriles is 1. The van der Waals surface area contributed by atoms with Crippen molar-refractivity contribution in [3.05, 3.63) is 82.3 Å². The number of carbonyl (C=O) groups excluding carboxylic acids is 1. The standard InChI is InChI=1S/C21H19BrN2O/c1-2-11-24(14-16-5-3-15(13-23)4-6-16)21(25)20-12-19(20)17-7-9-18(22)10-8-17/h2-10,19-20H,1,11-12,14H2. The van der Waals surface area contributed by atoms with Crippen LogP contribution >= 0.6 is 15.9 Å². The van der Waals surface area contributed by atoms with E-state index in [1.807, 2.05) is 29.2 Å². The maximum Gasteiger partial charge on any atom is 0.226 e. The lowest BCUT2D eigenvalue weighted by Crippen LogP contribution is -2.32. The lowest BCUT2D eigenvalue weighted by molar-refractivity contribution is -0.132. The normalized spacial score (nSPS) is 18.2. The Hall–Kier alpha value is -2.38. The summed E-state index contributed by atoms with van der Waals surface area (Å²) in [7, 11) is 0. The van der Waals surface area contributed by atoms with Crippen LogP contribution in [0.2, 0.25) is 0 Å². The number of nitrogens with zero attached hydrogens (tertiary/aromatic N) is 2. The Labute approximate surface area is 156 Å². The third-order valence-electron chi connectivity index (χ3n) is 4.52. The monoisotopic (exact) mass is 394 g/mol. The molecule has 1 aliphatic carbocycles. The zero-order valence-corrected chi connectivity index (χ0v) is 15.4. The van der Waals surface area contributed by atoms with Gasteiger partial charge in [0, 0.05) is 23.5 Å². The molecule has 2 unspecified atom stereocenters. The predicted molar refractivity (Wildman–Crippen MR) is 102 cm³/mol. The molecule has 0 aliphatic heterocycles. The molecule has 0 spiro atoms. The summed E-state index contributed by atoms with van der Waals surface area (Å²) in [4.78, 5) is 14.7. The van der Waals surface area contributed by atoms with Crippen molar-refractivity contribution in [3.8, 4) is 6.07 Å². The van der Waals surface area contributed by atoms with Crippen molar-refractivity contribution in [2.75, 3.05) is 6.54 Å². The van der Waals surface area contributed by atoms with Crippen LogP contribution < -0.4 is 0 Å². The van der Waals surface area contributed by atoms with Gasteiger partial charge >= 0.3 is 0 Å². The first-order chi connectivity index (χ1) is 12.1. The molecule has 0 saturated heterocycles. The fourth-order valence-corrected chi connectivity index (χ4v) is 3.34. The Balaban J connectivity index is 1.68. The van der Waals surface area contributed by atoms with Gasteiger partial charge in [-0.15, -0.1) is 6.58 Å². The minimum absolute atomic E-state index is 0.0551. The van der Waals surface area contributed by atoms with Crippen molar-refractivity contribution in [1.29, 1.82) is 5.26 Å². The van der Waals surface area contributed by atoms with Crippen LogP contribution in [-0.2, 0) is 11.3 Å². The second kappa shape index (κ2) is 7.67. The van der Waals surface area contributed by atoms with Gasteiger partial charge in [0.15, 0.2) is 0 Å². The lowest BCUT2D eigenvalue weighted by atomic mass is 10.1. The Kier molecular flexibility index (Phi) is 5.35. The lowest BCUT2D eigenvalue weighted by Gasteiger charge is -2.21. The van der Waals surface area contributed by atoms with Crippen molar-refractivity contribution in [3.63, 3.8) is 0 Å². The average Bonchev–Trinajstić information content (AvgIpc) is 3.43. The van der Waals surface area contributed by atoms with Gasteiger partial charge in [0.25, 0.3) is 0 Å². The quantitative estimate of drug-likeness (QED) is 0.669. The van der Waals surface area contributed by atoms with Crippen LogP contribution in [0.3, 0.4) is 0 Å². The van der Waals surface area contributed by atoms with E-state index in [-0.39, 0.29) is 11.8 Å². The van der Waals surface area contributed by atoms with Crippen molar-refractivity contribution in [1.82, 2.24) is 4.90 Å². The molecule has 0 radical (unpaired) electrons. The molecule has 2 aromatic rings. The molecule has 0 aromatic heterocycles. The predicted octanol–water partition coefficient (Wildman–Crippen LogP) is 4.64. The minimum Gasteiger partial charge on any atom is -0.334 e. The van der Waals surface area contributed by atoms with Crippen LogP contribution in [0.15, 0.2) is 65.7 Å². The molecule has 0 bridgehead atoms. The van der Waals surface area contributed by atoms with E-state index in [1.165, 1.54) is 5.56 Å². The number of benzene rings is 2. The number of amides is 1. The highest BCUT2D eigenvalue weighted by Gasteiger charge is 2.45. The first kappa shape index (κ1) is 17.4. The minimum atomic E-state index is 0.0551. The summed E-state index contributed by atoms with van der Waals surface area (Å²) in [6.45, 7) is 4.85. The first-order valence-corrected chi connectivity index (χ1v) is 9.06. The summed E-state index contributed by atoms with van der Waals surface area (Å²) < 4.78 is 1.05. The summed E-state index contributed by atoms with van der Waals surface area (Å²) >= 11 is 3.44. The van der Waals surface area contributed by atoms with E-state index >= 15 is 0 Å². The fourth-order valence-electron chi connectivity index (χ4n) is 3.07. The Morgan fingerprint density at radius 2 is 1.92 bits per heavy atom. The summed E-state index contributed by atoms with van der Waals surface area (Å²) in [5.74, 6) is 0.547. The number of rotatable bonds is 6. The summed E-state index contributed by atoms with van der Waals surface area (Å²) in [6, 6.07) is 17.7. The van der Waals surface area contributed by atoms with Crippen molar-refractivity contribution in [2.45, 2.75) is 18.9 Å². The van der Waals surface area contributed by atoms with Gasteiger partial charge in [-0.1, -0.05) is 46.3 Å². The van der Waals surface area contributed by atoms with Gasteiger partial charge in [-0.25, -0.2) is 0 Å². The molecule has 4 heteroatoms. The maximum atomic E-state index is 12.9. The molecule has 1 amide bonds. The zero-order chi connectivity index (χ0) is 17.8. The second-order valence-electron chi connectivity index (χ2n) is 6.32. The molecule has 126 valence electrons. The van der Waals surface area contributed by atoms with E-state index in [1.54, 1.807) is 18.2 Å². The maximum absolute atomic E-state index is 12.9. The molecule has 1 aliphatic rings. The molecule has 2 aromatic carbocycles. The molecule has 3 nitrogen and oxygen atoms in total. The van der Waals surface area contributed by atoms with Gasteiger partial charge in [-0.3, -0.25) is 4.79 Å². The number of hydrogen-bond donors (Lipinski definition) is 0. The highest BCUT2D eigenvalue weighted by molar-refractivity contribution is 9.10. The van der Waals surface area contributed by atoms with Crippen LogP contribution in [0.5, 0.6) is 0 Å². The van der Waals surface area contributed by atoms with Crippen molar-refractivity contribution in [2.24, 2.45) is 5.92 Å². The molecular weight excluding hydrogens is 376 g/mol. The molecule has 0 N–H and O–H groups in total. The van der Waals surface area contributed by atoms with Crippen molar-refractivity contribution >= 4 is 21.8 Å². The van der Waals surface area contributed by atoms with Crippen LogP contribution in [0, 0.1) is 17.2 Å². The first-order valence-electron chi connectivity index (χ1n) is 8.26. The summed E-state index contributed by atoms with van der Waals surface area (Å²) in [5, 5.41) is 8.89. The van der Waals surface area contributed by atoms with Gasteiger partial charge in [-0.2, -0.15) is 5.26 Å². The van der Waals surface area contributed by atoms with E-state index < -0.39 is 0 Å². The third kappa shape index (κ3) is 4.18. The average molecular weight is 395 g/mol. The van der Waals surface area contributed by atoms with Crippen molar-refractivity contribution < 1.29 is 4.79 Å². The van der Waals surface area contributed by atoms with Gasteiger partial charge in [0.1, 0.15) is 0 Å².